The molecule has 11 heteroatoms. The number of ether oxygens (including phenoxy) is 1. The Morgan fingerprint density at radius 1 is 1.00 bits per heavy atom. The number of carbonyl (C=O) groups excluding carboxylic acids is 2. The van der Waals surface area contributed by atoms with E-state index in [4.69, 9.17) is 16.3 Å². The van der Waals surface area contributed by atoms with E-state index in [-0.39, 0.29) is 25.1 Å². The van der Waals surface area contributed by atoms with E-state index in [1.54, 1.807) is 60.7 Å². The van der Waals surface area contributed by atoms with Gasteiger partial charge in [0, 0.05) is 16.6 Å². The van der Waals surface area contributed by atoms with Crippen molar-refractivity contribution in [1.29, 1.82) is 0 Å². The molecule has 4 rings (SSSR count). The van der Waals surface area contributed by atoms with Crippen molar-refractivity contribution in [3.05, 3.63) is 94.5 Å². The van der Waals surface area contributed by atoms with E-state index in [0.29, 0.717) is 27.6 Å². The zero-order chi connectivity index (χ0) is 29.2. The monoisotopic (exact) mass is 596 g/mol. The number of sulfonamides is 1. The van der Waals surface area contributed by atoms with Gasteiger partial charge in [-0.2, -0.15) is 5.10 Å². The third-order valence-corrected chi connectivity index (χ3v) is 8.20. The molecule has 0 aromatic heterocycles. The van der Waals surface area contributed by atoms with E-state index in [2.05, 4.69) is 15.8 Å². The average Bonchev–Trinajstić information content (AvgIpc) is 2.96. The number of anilines is 1. The van der Waals surface area contributed by atoms with Crippen LogP contribution in [0.25, 0.3) is 0 Å². The molecule has 3 aromatic carbocycles. The fourth-order valence-corrected chi connectivity index (χ4v) is 5.58. The number of hydrogen-bond acceptors (Lipinski definition) is 6. The van der Waals surface area contributed by atoms with Crippen molar-refractivity contribution in [2.75, 3.05) is 17.2 Å². The van der Waals surface area contributed by atoms with E-state index in [9.17, 15) is 18.0 Å². The number of halogens is 1. The van der Waals surface area contributed by atoms with Crippen LogP contribution in [-0.2, 0) is 21.4 Å². The summed E-state index contributed by atoms with van der Waals surface area (Å²) in [5, 5.41) is 7.49. The molecule has 216 valence electrons. The lowest BCUT2D eigenvalue weighted by molar-refractivity contribution is -0.124. The van der Waals surface area contributed by atoms with Gasteiger partial charge < -0.3 is 10.1 Å². The van der Waals surface area contributed by atoms with Gasteiger partial charge in [0.1, 0.15) is 5.75 Å². The fraction of sp³-hybridized carbons (Fsp3) is 0.300. The number of hydrogen-bond donors (Lipinski definition) is 2. The summed E-state index contributed by atoms with van der Waals surface area (Å²) in [6.45, 7) is 0.0204. The second-order valence-electron chi connectivity index (χ2n) is 9.87. The zero-order valence-electron chi connectivity index (χ0n) is 22.8. The molecule has 2 N–H and O–H groups in total. The van der Waals surface area contributed by atoms with Crippen LogP contribution in [0.15, 0.2) is 77.9 Å². The van der Waals surface area contributed by atoms with E-state index >= 15 is 0 Å². The van der Waals surface area contributed by atoms with Gasteiger partial charge in [0.25, 0.3) is 11.8 Å². The molecule has 0 atom stereocenters. The van der Waals surface area contributed by atoms with Crippen LogP contribution in [0.2, 0.25) is 5.02 Å². The number of amides is 2. The van der Waals surface area contributed by atoms with Crippen LogP contribution in [-0.4, -0.2) is 45.4 Å². The zero-order valence-corrected chi connectivity index (χ0v) is 24.3. The molecule has 0 heterocycles. The predicted molar refractivity (Wildman–Crippen MR) is 161 cm³/mol. The van der Waals surface area contributed by atoms with E-state index < -0.39 is 15.9 Å². The maximum absolute atomic E-state index is 12.6. The molecule has 0 spiro atoms. The van der Waals surface area contributed by atoms with Gasteiger partial charge in [0.05, 0.1) is 24.7 Å². The number of hydrazone groups is 1. The molecule has 1 saturated carbocycles. The summed E-state index contributed by atoms with van der Waals surface area (Å²) >= 11 is 6.22. The Morgan fingerprint density at radius 2 is 1.68 bits per heavy atom. The van der Waals surface area contributed by atoms with Crippen molar-refractivity contribution in [3.63, 3.8) is 0 Å². The van der Waals surface area contributed by atoms with E-state index in [1.807, 2.05) is 0 Å². The molecule has 1 aliphatic carbocycles. The molecule has 0 aliphatic heterocycles. The number of carbonyl (C=O) groups is 2. The minimum atomic E-state index is -3.61. The third-order valence-electron chi connectivity index (χ3n) is 6.69. The topological polar surface area (TPSA) is 117 Å². The van der Waals surface area contributed by atoms with Crippen LogP contribution in [0.1, 0.15) is 53.6 Å². The van der Waals surface area contributed by atoms with Crippen molar-refractivity contribution >= 4 is 45.3 Å². The van der Waals surface area contributed by atoms with Gasteiger partial charge in [-0.05, 0) is 78.6 Å². The van der Waals surface area contributed by atoms with Gasteiger partial charge in [-0.15, -0.1) is 0 Å². The molecule has 0 unspecified atom stereocenters. The number of nitrogens with zero attached hydrogens (tertiary/aromatic N) is 2. The average molecular weight is 597 g/mol. The van der Waals surface area contributed by atoms with Crippen LogP contribution in [0.5, 0.6) is 5.75 Å². The van der Waals surface area contributed by atoms with Crippen molar-refractivity contribution in [2.45, 2.75) is 44.7 Å². The van der Waals surface area contributed by atoms with Crippen molar-refractivity contribution < 1.29 is 22.7 Å². The van der Waals surface area contributed by atoms with E-state index in [0.717, 1.165) is 37.5 Å². The van der Waals surface area contributed by atoms with Gasteiger partial charge in [0.2, 0.25) is 10.0 Å². The van der Waals surface area contributed by atoms with Gasteiger partial charge in [0.15, 0.2) is 6.61 Å². The minimum Gasteiger partial charge on any atom is -0.484 e. The Balaban J connectivity index is 1.28. The summed E-state index contributed by atoms with van der Waals surface area (Å²) in [5.74, 6) is -0.0145. The summed E-state index contributed by atoms with van der Waals surface area (Å²) in [6.07, 6.45) is 8.18. The number of nitrogens with one attached hydrogen (secondary N) is 2. The molecule has 1 fully saturated rings. The summed E-state index contributed by atoms with van der Waals surface area (Å²) in [5.41, 5.74) is 4.57. The van der Waals surface area contributed by atoms with Crippen molar-refractivity contribution in [2.24, 2.45) is 5.10 Å². The molecular formula is C30H33ClN4O5S. The Kier molecular flexibility index (Phi) is 10.4. The lowest BCUT2D eigenvalue weighted by Gasteiger charge is -2.23. The lowest BCUT2D eigenvalue weighted by atomic mass is 9.95. The molecular weight excluding hydrogens is 564 g/mol. The summed E-state index contributed by atoms with van der Waals surface area (Å²) in [6, 6.07) is 20.4. The first-order valence-electron chi connectivity index (χ1n) is 13.4. The van der Waals surface area contributed by atoms with Gasteiger partial charge in [-0.3, -0.25) is 13.9 Å². The van der Waals surface area contributed by atoms with Crippen molar-refractivity contribution in [1.82, 2.24) is 10.7 Å². The highest BCUT2D eigenvalue weighted by Gasteiger charge is 2.20. The molecule has 0 saturated heterocycles. The minimum absolute atomic E-state index is 0.0409. The molecule has 1 aliphatic rings. The summed E-state index contributed by atoms with van der Waals surface area (Å²) in [7, 11) is -3.61. The SMILES string of the molecule is CS(=O)(=O)N(Cc1ccccc1Cl)c1ccc(C(=O)N/N=C/c2ccc(OCC(=O)NC3CCCCC3)cc2)cc1. The largest absolute Gasteiger partial charge is 0.484 e. The third kappa shape index (κ3) is 9.06. The van der Waals surface area contributed by atoms with Crippen LogP contribution < -0.4 is 19.8 Å². The number of benzene rings is 3. The molecule has 41 heavy (non-hydrogen) atoms. The molecule has 2 amide bonds. The van der Waals surface area contributed by atoms with E-state index in [1.165, 1.54) is 29.1 Å². The predicted octanol–water partition coefficient (Wildman–Crippen LogP) is 4.90. The Hall–Kier alpha value is -3.89. The van der Waals surface area contributed by atoms with Crippen LogP contribution in [0.4, 0.5) is 5.69 Å². The number of rotatable bonds is 11. The molecule has 9 nitrogen and oxygen atoms in total. The van der Waals surface area contributed by atoms with Crippen LogP contribution in [0, 0.1) is 0 Å². The van der Waals surface area contributed by atoms with Gasteiger partial charge >= 0.3 is 0 Å². The highest BCUT2D eigenvalue weighted by Crippen LogP contribution is 2.24. The maximum atomic E-state index is 12.6. The van der Waals surface area contributed by atoms with Crippen molar-refractivity contribution in [3.8, 4) is 5.75 Å². The fourth-order valence-electron chi connectivity index (χ4n) is 4.51. The Labute approximate surface area is 245 Å². The summed E-state index contributed by atoms with van der Waals surface area (Å²) in [4.78, 5) is 24.7. The van der Waals surface area contributed by atoms with Gasteiger partial charge in [-0.25, -0.2) is 13.8 Å². The smallest absolute Gasteiger partial charge is 0.271 e. The normalized spacial score (nSPS) is 14.0. The highest BCUT2D eigenvalue weighted by atomic mass is 35.5. The maximum Gasteiger partial charge on any atom is 0.271 e. The molecule has 0 bridgehead atoms. The summed E-state index contributed by atoms with van der Waals surface area (Å²) < 4.78 is 31.7. The molecule has 3 aromatic rings. The quantitative estimate of drug-likeness (QED) is 0.241. The Bertz CT molecular complexity index is 1470. The standard InChI is InChI=1S/C30H33ClN4O5S/c1-41(38,39)35(20-24-7-5-6-10-28(24)31)26-15-13-23(14-16-26)30(37)34-32-19-22-11-17-27(18-12-22)40-21-29(36)33-25-8-3-2-4-9-25/h5-7,10-19,25H,2-4,8-9,20-21H2,1H3,(H,33,36)(H,34,37)/b32-19+. The first-order chi connectivity index (χ1) is 19.7. The van der Waals surface area contributed by atoms with Crippen LogP contribution >= 0.6 is 11.6 Å². The second kappa shape index (κ2) is 14.1. The first kappa shape index (κ1) is 30.1. The lowest BCUT2D eigenvalue weighted by Crippen LogP contribution is -2.38. The molecule has 0 radical (unpaired) electrons. The highest BCUT2D eigenvalue weighted by molar-refractivity contribution is 7.92. The first-order valence-corrected chi connectivity index (χ1v) is 15.6. The second-order valence-corrected chi connectivity index (χ2v) is 12.2. The Morgan fingerprint density at radius 3 is 2.34 bits per heavy atom. The van der Waals surface area contributed by atoms with Crippen LogP contribution in [0.3, 0.4) is 0 Å². The van der Waals surface area contributed by atoms with Gasteiger partial charge in [-0.1, -0.05) is 49.1 Å².